The van der Waals surface area contributed by atoms with Crippen LogP contribution in [0.5, 0.6) is 0 Å². The molecule has 152 valence electrons. The van der Waals surface area contributed by atoms with Gasteiger partial charge < -0.3 is 5.73 Å². The molecule has 1 saturated carbocycles. The number of amidine groups is 1. The third-order valence-corrected chi connectivity index (χ3v) is 7.70. The number of nitrogens with zero attached hydrogens (tertiary/aromatic N) is 2. The van der Waals surface area contributed by atoms with E-state index in [2.05, 4.69) is 21.8 Å². The molecule has 3 nitrogen and oxygen atoms in total. The van der Waals surface area contributed by atoms with Crippen molar-refractivity contribution in [3.05, 3.63) is 40.3 Å². The molecule has 0 amide bonds. The van der Waals surface area contributed by atoms with E-state index >= 15 is 8.78 Å². The lowest BCUT2D eigenvalue weighted by Gasteiger charge is -2.56. The van der Waals surface area contributed by atoms with Crippen LogP contribution in [0.1, 0.15) is 37.1 Å². The maximum absolute atomic E-state index is 15.6. The number of thiophene rings is 1. The molecule has 2 N–H and O–H groups in total. The van der Waals surface area contributed by atoms with Gasteiger partial charge in [0.2, 0.25) is 0 Å². The second kappa shape index (κ2) is 6.47. The van der Waals surface area contributed by atoms with Gasteiger partial charge in [0.1, 0.15) is 4.75 Å². The van der Waals surface area contributed by atoms with Gasteiger partial charge in [-0.15, -0.1) is 17.3 Å². The Morgan fingerprint density at radius 3 is 2.48 bits per heavy atom. The van der Waals surface area contributed by atoms with Crippen LogP contribution in [0, 0.1) is 11.8 Å². The van der Waals surface area contributed by atoms with Crippen LogP contribution >= 0.6 is 23.1 Å². The average Bonchev–Trinajstić information content (AvgIpc) is 3.09. The molecule has 4 rings (SSSR count). The fraction of sp³-hybridized carbons (Fsp3) is 0.400. The monoisotopic (exact) mass is 439 g/mol. The SMILES string of the molecule is CC#Cc1cncc(-c2csc(C3(C)N=C(N)SC4(CC(F)(F)C4)C3(F)F)c2)c1. The molecule has 2 aromatic heterocycles. The highest BCUT2D eigenvalue weighted by atomic mass is 32.2. The fourth-order valence-corrected chi connectivity index (χ4v) is 6.44. The number of pyridine rings is 1. The van der Waals surface area contributed by atoms with E-state index in [-0.39, 0.29) is 10.0 Å². The van der Waals surface area contributed by atoms with E-state index < -0.39 is 35.0 Å². The molecular formula is C20H17F4N3S2. The second-order valence-corrected chi connectivity index (χ2v) is 9.75. The molecule has 1 aliphatic heterocycles. The van der Waals surface area contributed by atoms with Gasteiger partial charge in [-0.3, -0.25) is 4.98 Å². The summed E-state index contributed by atoms with van der Waals surface area (Å²) >= 11 is 1.67. The van der Waals surface area contributed by atoms with Crippen LogP contribution in [-0.2, 0) is 5.54 Å². The molecule has 3 heterocycles. The van der Waals surface area contributed by atoms with Crippen LogP contribution in [0.2, 0.25) is 0 Å². The van der Waals surface area contributed by atoms with E-state index in [1.54, 1.807) is 30.8 Å². The van der Waals surface area contributed by atoms with Crippen LogP contribution in [0.15, 0.2) is 34.9 Å². The standard InChI is InChI=1S/C20H17F4N3S2/c1-3-4-12-5-13(8-26-7-12)14-6-15(28-9-14)17(2)20(23,24)18(29-16(25)27-17)10-19(21,22)11-18/h5-9H,10-11H2,1-2H3,(H2,25,27). The summed E-state index contributed by atoms with van der Waals surface area (Å²) in [4.78, 5) is 8.46. The molecule has 0 aromatic carbocycles. The van der Waals surface area contributed by atoms with Crippen molar-refractivity contribution in [2.24, 2.45) is 10.7 Å². The summed E-state index contributed by atoms with van der Waals surface area (Å²) in [5.74, 6) is -0.910. The molecular weight excluding hydrogens is 422 g/mol. The Bertz CT molecular complexity index is 1060. The van der Waals surface area contributed by atoms with E-state index in [0.717, 1.165) is 16.9 Å². The minimum absolute atomic E-state index is 0.0919. The Morgan fingerprint density at radius 1 is 1.10 bits per heavy atom. The van der Waals surface area contributed by atoms with Gasteiger partial charge in [-0.05, 0) is 36.9 Å². The van der Waals surface area contributed by atoms with E-state index in [4.69, 9.17) is 5.73 Å². The van der Waals surface area contributed by atoms with Gasteiger partial charge in [0.05, 0.1) is 0 Å². The van der Waals surface area contributed by atoms with E-state index in [1.807, 2.05) is 6.07 Å². The number of rotatable bonds is 2. The highest BCUT2D eigenvalue weighted by molar-refractivity contribution is 8.15. The van der Waals surface area contributed by atoms with Gasteiger partial charge in [-0.25, -0.2) is 22.6 Å². The third-order valence-electron chi connectivity index (χ3n) is 5.33. The molecule has 0 radical (unpaired) electrons. The molecule has 0 bridgehead atoms. The van der Waals surface area contributed by atoms with Crippen molar-refractivity contribution in [3.8, 4) is 23.0 Å². The lowest BCUT2D eigenvalue weighted by molar-refractivity contribution is -0.199. The zero-order valence-electron chi connectivity index (χ0n) is 15.6. The summed E-state index contributed by atoms with van der Waals surface area (Å²) in [7, 11) is 0. The summed E-state index contributed by atoms with van der Waals surface area (Å²) in [6.45, 7) is 2.98. The highest BCUT2D eigenvalue weighted by Gasteiger charge is 2.76. The van der Waals surface area contributed by atoms with Crippen molar-refractivity contribution in [2.75, 3.05) is 0 Å². The number of alkyl halides is 4. The zero-order valence-corrected chi connectivity index (χ0v) is 17.2. The molecule has 9 heteroatoms. The van der Waals surface area contributed by atoms with Crippen molar-refractivity contribution in [1.82, 2.24) is 4.98 Å². The van der Waals surface area contributed by atoms with Gasteiger partial charge in [-0.2, -0.15) is 0 Å². The maximum atomic E-state index is 15.6. The molecule has 1 aliphatic carbocycles. The fourth-order valence-electron chi connectivity index (χ4n) is 3.86. The Labute approximate surface area is 173 Å². The largest absolute Gasteiger partial charge is 0.378 e. The highest BCUT2D eigenvalue weighted by Crippen LogP contribution is 2.67. The first-order valence-corrected chi connectivity index (χ1v) is 10.5. The summed E-state index contributed by atoms with van der Waals surface area (Å²) in [6.07, 6.45) is 1.41. The van der Waals surface area contributed by atoms with E-state index in [0.29, 0.717) is 22.9 Å². The first-order valence-electron chi connectivity index (χ1n) is 8.79. The Kier molecular flexibility index (Phi) is 4.52. The van der Waals surface area contributed by atoms with Crippen molar-refractivity contribution < 1.29 is 17.6 Å². The average molecular weight is 440 g/mol. The molecule has 1 fully saturated rings. The molecule has 2 aromatic rings. The topological polar surface area (TPSA) is 51.3 Å². The Balaban J connectivity index is 1.75. The van der Waals surface area contributed by atoms with Crippen LogP contribution in [0.25, 0.3) is 11.1 Å². The smallest absolute Gasteiger partial charge is 0.292 e. The summed E-state index contributed by atoms with van der Waals surface area (Å²) < 4.78 is 56.4. The number of halogens is 4. The lowest BCUT2D eigenvalue weighted by Crippen LogP contribution is -2.68. The quantitative estimate of drug-likeness (QED) is 0.513. The van der Waals surface area contributed by atoms with Crippen molar-refractivity contribution >= 4 is 28.3 Å². The summed E-state index contributed by atoms with van der Waals surface area (Å²) in [5.41, 5.74) is 5.94. The maximum Gasteiger partial charge on any atom is 0.292 e. The Hall–Kier alpha value is -2.05. The lowest BCUT2D eigenvalue weighted by atomic mass is 9.69. The third kappa shape index (κ3) is 3.04. The van der Waals surface area contributed by atoms with Crippen LogP contribution < -0.4 is 5.73 Å². The molecule has 1 atom stereocenters. The molecule has 1 unspecified atom stereocenters. The Morgan fingerprint density at radius 2 is 1.83 bits per heavy atom. The van der Waals surface area contributed by atoms with Gasteiger partial charge >= 0.3 is 0 Å². The number of thioether (sulfide) groups is 1. The summed E-state index contributed by atoms with van der Waals surface area (Å²) in [6, 6.07) is 3.42. The van der Waals surface area contributed by atoms with Crippen molar-refractivity contribution in [3.63, 3.8) is 0 Å². The van der Waals surface area contributed by atoms with Crippen molar-refractivity contribution in [2.45, 2.75) is 48.8 Å². The first kappa shape index (κ1) is 20.2. The van der Waals surface area contributed by atoms with Gasteiger partial charge in [0, 0.05) is 41.2 Å². The normalized spacial score (nSPS) is 26.2. The van der Waals surface area contributed by atoms with Gasteiger partial charge in [0.15, 0.2) is 10.7 Å². The molecule has 1 spiro atoms. The predicted octanol–water partition coefficient (Wildman–Crippen LogP) is 5.26. The minimum Gasteiger partial charge on any atom is -0.378 e. The number of nitrogens with two attached hydrogens (primary N) is 1. The van der Waals surface area contributed by atoms with Crippen LogP contribution in [-0.4, -0.2) is 26.7 Å². The minimum atomic E-state index is -3.49. The van der Waals surface area contributed by atoms with E-state index in [9.17, 15) is 8.78 Å². The second-order valence-electron chi connectivity index (χ2n) is 7.44. The number of aliphatic imine (C=N–C) groups is 1. The molecule has 2 aliphatic rings. The van der Waals surface area contributed by atoms with Crippen LogP contribution in [0.4, 0.5) is 17.6 Å². The summed E-state index contributed by atoms with van der Waals surface area (Å²) in [5, 5.41) is 1.64. The van der Waals surface area contributed by atoms with Crippen LogP contribution in [0.3, 0.4) is 0 Å². The molecule has 0 saturated heterocycles. The molecule has 29 heavy (non-hydrogen) atoms. The number of aromatic nitrogens is 1. The van der Waals surface area contributed by atoms with Gasteiger partial charge in [-0.1, -0.05) is 17.7 Å². The van der Waals surface area contributed by atoms with Crippen molar-refractivity contribution in [1.29, 1.82) is 0 Å². The first-order chi connectivity index (χ1) is 13.5. The number of hydrogen-bond donors (Lipinski definition) is 1. The number of hydrogen-bond acceptors (Lipinski definition) is 5. The van der Waals surface area contributed by atoms with Gasteiger partial charge in [0.25, 0.3) is 11.8 Å². The van der Waals surface area contributed by atoms with E-state index in [1.165, 1.54) is 6.92 Å². The predicted molar refractivity (Wildman–Crippen MR) is 109 cm³/mol. The zero-order chi connectivity index (χ0) is 21.1.